The van der Waals surface area contributed by atoms with Crippen molar-refractivity contribution in [2.75, 3.05) is 6.54 Å². The average Bonchev–Trinajstić information content (AvgIpc) is 3.11. The van der Waals surface area contributed by atoms with Gasteiger partial charge in [0.25, 0.3) is 5.91 Å². The normalized spacial score (nSPS) is 24.3. The highest BCUT2D eigenvalue weighted by molar-refractivity contribution is 6.32. The molecule has 1 saturated carbocycles. The lowest BCUT2D eigenvalue weighted by molar-refractivity contribution is -0.135. The Hall–Kier alpha value is -2.08. The van der Waals surface area contributed by atoms with E-state index in [1.807, 2.05) is 0 Å². The van der Waals surface area contributed by atoms with Crippen LogP contribution in [0.1, 0.15) is 38.2 Å². The van der Waals surface area contributed by atoms with E-state index in [1.165, 1.54) is 0 Å². The fourth-order valence-corrected chi connectivity index (χ4v) is 3.70. The van der Waals surface area contributed by atoms with Crippen LogP contribution < -0.4 is 10.6 Å². The van der Waals surface area contributed by atoms with Gasteiger partial charge in [-0.25, -0.2) is 4.79 Å². The van der Waals surface area contributed by atoms with Crippen LogP contribution in [0, 0.1) is 0 Å². The molecule has 2 N–H and O–H groups in total. The highest BCUT2D eigenvalue weighted by Crippen LogP contribution is 2.33. The largest absolute Gasteiger partial charge is 0.352 e. The first-order chi connectivity index (χ1) is 11.4. The SMILES string of the molecule is C[C@]1(c2ccccc2Cl)NC(=O)N(CC(=O)NC2CCCC2)C1=O. The fraction of sp³-hybridized carbons (Fsp3) is 0.471. The third-order valence-electron chi connectivity index (χ3n) is 4.71. The predicted octanol–water partition coefficient (Wildman–Crippen LogP) is 2.17. The summed E-state index contributed by atoms with van der Waals surface area (Å²) in [6.07, 6.45) is 4.09. The standard InChI is InChI=1S/C17H20ClN3O3/c1-17(12-8-4-5-9-13(12)18)15(23)21(16(24)20-17)10-14(22)19-11-6-2-3-7-11/h4-5,8-9,11H,2-3,6-7,10H2,1H3,(H,19,22)(H,20,24)/t17-/m1/s1. The number of carbonyl (C=O) groups excluding carboxylic acids is 3. The van der Waals surface area contributed by atoms with Gasteiger partial charge >= 0.3 is 6.03 Å². The minimum absolute atomic E-state index is 0.146. The van der Waals surface area contributed by atoms with E-state index in [0.717, 1.165) is 30.6 Å². The maximum absolute atomic E-state index is 12.8. The van der Waals surface area contributed by atoms with Gasteiger partial charge in [-0.05, 0) is 25.8 Å². The highest BCUT2D eigenvalue weighted by atomic mass is 35.5. The van der Waals surface area contributed by atoms with E-state index in [-0.39, 0.29) is 18.5 Å². The van der Waals surface area contributed by atoms with Gasteiger partial charge in [0.05, 0.1) is 0 Å². The average molecular weight is 350 g/mol. The van der Waals surface area contributed by atoms with Crippen LogP contribution in [0.5, 0.6) is 0 Å². The molecule has 6 nitrogen and oxygen atoms in total. The molecule has 4 amide bonds. The van der Waals surface area contributed by atoms with Gasteiger partial charge in [0.2, 0.25) is 5.91 Å². The summed E-state index contributed by atoms with van der Waals surface area (Å²) in [7, 11) is 0. The Morgan fingerprint density at radius 1 is 1.33 bits per heavy atom. The number of hydrogen-bond donors (Lipinski definition) is 2. The van der Waals surface area contributed by atoms with E-state index in [4.69, 9.17) is 11.6 Å². The van der Waals surface area contributed by atoms with Crippen molar-refractivity contribution in [2.45, 2.75) is 44.2 Å². The van der Waals surface area contributed by atoms with E-state index in [0.29, 0.717) is 10.6 Å². The van der Waals surface area contributed by atoms with Gasteiger partial charge in [-0.2, -0.15) is 0 Å². The lowest BCUT2D eigenvalue weighted by Crippen LogP contribution is -2.45. The van der Waals surface area contributed by atoms with Crippen molar-refractivity contribution in [1.82, 2.24) is 15.5 Å². The second-order valence-corrected chi connectivity index (χ2v) is 6.88. The minimum Gasteiger partial charge on any atom is -0.352 e. The number of halogens is 1. The fourth-order valence-electron chi connectivity index (χ4n) is 3.38. The van der Waals surface area contributed by atoms with Gasteiger partial charge in [-0.3, -0.25) is 14.5 Å². The van der Waals surface area contributed by atoms with Crippen LogP contribution in [0.3, 0.4) is 0 Å². The Bertz CT molecular complexity index is 687. The number of benzene rings is 1. The van der Waals surface area contributed by atoms with Crippen LogP contribution in [0.15, 0.2) is 24.3 Å². The summed E-state index contributed by atoms with van der Waals surface area (Å²) in [5, 5.41) is 5.94. The monoisotopic (exact) mass is 349 g/mol. The first-order valence-corrected chi connectivity index (χ1v) is 8.48. The molecule has 0 radical (unpaired) electrons. The second-order valence-electron chi connectivity index (χ2n) is 6.48. The summed E-state index contributed by atoms with van der Waals surface area (Å²) in [5.74, 6) is -0.781. The van der Waals surface area contributed by atoms with Crippen LogP contribution in [0.25, 0.3) is 0 Å². The number of imide groups is 1. The molecule has 3 rings (SSSR count). The zero-order valence-electron chi connectivity index (χ0n) is 13.5. The summed E-state index contributed by atoms with van der Waals surface area (Å²) in [6.45, 7) is 1.32. The van der Waals surface area contributed by atoms with Gasteiger partial charge < -0.3 is 10.6 Å². The molecule has 1 aliphatic heterocycles. The number of rotatable bonds is 4. The van der Waals surface area contributed by atoms with E-state index in [1.54, 1.807) is 31.2 Å². The van der Waals surface area contributed by atoms with Crippen molar-refractivity contribution >= 4 is 29.4 Å². The Kier molecular flexibility index (Phi) is 4.49. The smallest absolute Gasteiger partial charge is 0.325 e. The first-order valence-electron chi connectivity index (χ1n) is 8.10. The molecule has 7 heteroatoms. The third-order valence-corrected chi connectivity index (χ3v) is 5.04. The van der Waals surface area contributed by atoms with Gasteiger partial charge in [0.15, 0.2) is 0 Å². The van der Waals surface area contributed by atoms with Gasteiger partial charge in [0.1, 0.15) is 12.1 Å². The van der Waals surface area contributed by atoms with Crippen molar-refractivity contribution in [3.8, 4) is 0 Å². The molecule has 0 bridgehead atoms. The number of carbonyl (C=O) groups is 3. The maximum Gasteiger partial charge on any atom is 0.325 e. The molecule has 1 aromatic rings. The lowest BCUT2D eigenvalue weighted by atomic mass is 9.92. The van der Waals surface area contributed by atoms with Crippen LogP contribution >= 0.6 is 11.6 Å². The van der Waals surface area contributed by atoms with Crippen molar-refractivity contribution < 1.29 is 14.4 Å². The van der Waals surface area contributed by atoms with Crippen LogP contribution in [0.2, 0.25) is 5.02 Å². The number of nitrogens with one attached hydrogen (secondary N) is 2. The lowest BCUT2D eigenvalue weighted by Gasteiger charge is -2.23. The van der Waals surface area contributed by atoms with Gasteiger partial charge in [-0.15, -0.1) is 0 Å². The quantitative estimate of drug-likeness (QED) is 0.818. The van der Waals surface area contributed by atoms with E-state index in [2.05, 4.69) is 10.6 Å². The van der Waals surface area contributed by atoms with E-state index < -0.39 is 17.5 Å². The molecule has 2 fully saturated rings. The Morgan fingerprint density at radius 2 is 2.00 bits per heavy atom. The van der Waals surface area contributed by atoms with Crippen LogP contribution in [-0.4, -0.2) is 35.3 Å². The molecule has 1 heterocycles. The Balaban J connectivity index is 1.74. The number of amides is 4. The third kappa shape index (κ3) is 2.98. The van der Waals surface area contributed by atoms with Crippen LogP contribution in [0.4, 0.5) is 4.79 Å². The molecule has 0 aromatic heterocycles. The number of hydrogen-bond acceptors (Lipinski definition) is 3. The maximum atomic E-state index is 12.8. The van der Waals surface area contributed by atoms with Gasteiger partial charge in [-0.1, -0.05) is 42.6 Å². The van der Waals surface area contributed by atoms with Gasteiger partial charge in [0, 0.05) is 16.6 Å². The molecule has 0 unspecified atom stereocenters. The summed E-state index contributed by atoms with van der Waals surface area (Å²) >= 11 is 6.17. The molecular weight excluding hydrogens is 330 g/mol. The second kappa shape index (κ2) is 6.43. The first kappa shape index (κ1) is 16.8. The van der Waals surface area contributed by atoms with Crippen molar-refractivity contribution in [1.29, 1.82) is 0 Å². The summed E-state index contributed by atoms with van der Waals surface area (Å²) in [4.78, 5) is 38.1. The molecule has 1 atom stereocenters. The predicted molar refractivity (Wildman–Crippen MR) is 89.4 cm³/mol. The van der Waals surface area contributed by atoms with E-state index >= 15 is 0 Å². The number of urea groups is 1. The van der Waals surface area contributed by atoms with Crippen molar-refractivity contribution in [2.24, 2.45) is 0 Å². The molecule has 1 aliphatic carbocycles. The minimum atomic E-state index is -1.26. The van der Waals surface area contributed by atoms with Crippen LogP contribution in [-0.2, 0) is 15.1 Å². The molecule has 2 aliphatic rings. The van der Waals surface area contributed by atoms with Crippen molar-refractivity contribution in [3.63, 3.8) is 0 Å². The topological polar surface area (TPSA) is 78.5 Å². The molecule has 128 valence electrons. The molecular formula is C17H20ClN3O3. The molecule has 1 saturated heterocycles. The Labute approximate surface area is 145 Å². The zero-order chi connectivity index (χ0) is 17.3. The van der Waals surface area contributed by atoms with Crippen molar-refractivity contribution in [3.05, 3.63) is 34.9 Å². The summed E-state index contributed by atoms with van der Waals surface area (Å²) in [5.41, 5.74) is -0.744. The molecule has 1 aromatic carbocycles. The Morgan fingerprint density at radius 3 is 2.67 bits per heavy atom. The molecule has 0 spiro atoms. The highest BCUT2D eigenvalue weighted by Gasteiger charge is 2.50. The summed E-state index contributed by atoms with van der Waals surface area (Å²) < 4.78 is 0. The molecule has 24 heavy (non-hydrogen) atoms. The number of nitrogens with zero attached hydrogens (tertiary/aromatic N) is 1. The van der Waals surface area contributed by atoms with E-state index in [9.17, 15) is 14.4 Å². The zero-order valence-corrected chi connectivity index (χ0v) is 14.2. The summed E-state index contributed by atoms with van der Waals surface area (Å²) in [6, 6.07) is 6.43.